The summed E-state index contributed by atoms with van der Waals surface area (Å²) in [5.41, 5.74) is 6.76. The Kier molecular flexibility index (Phi) is 4.81. The minimum atomic E-state index is 0.207. The lowest BCUT2D eigenvalue weighted by molar-refractivity contribution is -0.130. The van der Waals surface area contributed by atoms with E-state index in [9.17, 15) is 4.79 Å². The Balaban J connectivity index is 1.58. The van der Waals surface area contributed by atoms with Gasteiger partial charge in [-0.1, -0.05) is 48.0 Å². The van der Waals surface area contributed by atoms with E-state index in [4.69, 9.17) is 0 Å². The van der Waals surface area contributed by atoms with Crippen LogP contribution in [0.5, 0.6) is 0 Å². The highest BCUT2D eigenvalue weighted by molar-refractivity contribution is 5.74. The van der Waals surface area contributed by atoms with Crippen molar-refractivity contribution in [2.24, 2.45) is 11.8 Å². The molecule has 0 spiro atoms. The third-order valence-electron chi connectivity index (χ3n) is 6.55. The number of carbonyl (C=O) groups excluding carboxylic acids is 1. The number of fused-ring (bicyclic) bond motifs is 1. The third kappa shape index (κ3) is 3.41. The first-order chi connectivity index (χ1) is 12.9. The molecular formula is C24H30N2O. The van der Waals surface area contributed by atoms with Gasteiger partial charge in [-0.15, -0.1) is 0 Å². The first-order valence-corrected chi connectivity index (χ1v) is 10.0. The zero-order valence-corrected chi connectivity index (χ0v) is 16.9. The summed E-state index contributed by atoms with van der Waals surface area (Å²) in [6.45, 7) is 12.3. The van der Waals surface area contributed by atoms with Crippen LogP contribution in [0.15, 0.2) is 42.5 Å². The summed E-state index contributed by atoms with van der Waals surface area (Å²) in [6, 6.07) is 15.5. The highest BCUT2D eigenvalue weighted by Gasteiger charge is 2.48. The SMILES string of the molecule is CC(=O)N1C[C@H]2CN(Cc3cc(C)ccc3C)C[C@H]2[C@H]1c1ccccc1C. The molecule has 0 aromatic heterocycles. The van der Waals surface area contributed by atoms with Crippen LogP contribution in [0.25, 0.3) is 0 Å². The maximum atomic E-state index is 12.3. The van der Waals surface area contributed by atoms with Crippen molar-refractivity contribution in [2.45, 2.75) is 40.3 Å². The minimum Gasteiger partial charge on any atom is -0.335 e. The summed E-state index contributed by atoms with van der Waals surface area (Å²) >= 11 is 0. The summed E-state index contributed by atoms with van der Waals surface area (Å²) < 4.78 is 0. The fourth-order valence-electron chi connectivity index (χ4n) is 5.12. The first-order valence-electron chi connectivity index (χ1n) is 10.0. The largest absolute Gasteiger partial charge is 0.335 e. The van der Waals surface area contributed by atoms with E-state index in [2.05, 4.69) is 73.0 Å². The monoisotopic (exact) mass is 362 g/mol. The van der Waals surface area contributed by atoms with Crippen molar-refractivity contribution in [3.8, 4) is 0 Å². The lowest BCUT2D eigenvalue weighted by Crippen LogP contribution is -2.34. The Hall–Kier alpha value is -2.13. The van der Waals surface area contributed by atoms with Crippen LogP contribution in [0.3, 0.4) is 0 Å². The van der Waals surface area contributed by atoms with Gasteiger partial charge in [0.05, 0.1) is 6.04 Å². The second kappa shape index (κ2) is 7.12. The van der Waals surface area contributed by atoms with Crippen LogP contribution in [-0.2, 0) is 11.3 Å². The Labute approximate surface area is 163 Å². The van der Waals surface area contributed by atoms with Gasteiger partial charge in [-0.2, -0.15) is 0 Å². The molecule has 0 radical (unpaired) electrons. The van der Waals surface area contributed by atoms with Gasteiger partial charge in [0, 0.05) is 39.0 Å². The van der Waals surface area contributed by atoms with E-state index in [1.807, 2.05) is 0 Å². The second-order valence-corrected chi connectivity index (χ2v) is 8.52. The highest BCUT2D eigenvalue weighted by atomic mass is 16.2. The molecule has 142 valence electrons. The zero-order valence-electron chi connectivity index (χ0n) is 16.9. The second-order valence-electron chi connectivity index (χ2n) is 8.52. The predicted octanol–water partition coefficient (Wildman–Crippen LogP) is 4.26. The molecule has 2 aliphatic rings. The molecule has 2 saturated heterocycles. The quantitative estimate of drug-likeness (QED) is 0.814. The molecule has 2 aliphatic heterocycles. The number of aryl methyl sites for hydroxylation is 3. The summed E-state index contributed by atoms with van der Waals surface area (Å²) in [6.07, 6.45) is 0. The van der Waals surface area contributed by atoms with Crippen molar-refractivity contribution in [1.82, 2.24) is 9.80 Å². The molecule has 0 bridgehead atoms. The summed E-state index contributed by atoms with van der Waals surface area (Å²) in [5.74, 6) is 1.31. The average molecular weight is 363 g/mol. The highest BCUT2D eigenvalue weighted by Crippen LogP contribution is 2.46. The standard InChI is InChI=1S/C24H30N2O/c1-16-9-10-17(2)20(11-16)12-25-13-21-14-26(19(4)27)24(23(21)15-25)22-8-6-5-7-18(22)3/h5-11,21,23-24H,12-15H2,1-4H3/t21-,23-,24-/m1/s1. The molecule has 3 atom stereocenters. The number of amides is 1. The van der Waals surface area contributed by atoms with Gasteiger partial charge < -0.3 is 4.90 Å². The molecule has 1 amide bonds. The number of rotatable bonds is 3. The normalized spacial score (nSPS) is 25.0. The lowest BCUT2D eigenvalue weighted by Gasteiger charge is -2.30. The molecule has 3 nitrogen and oxygen atoms in total. The summed E-state index contributed by atoms with van der Waals surface area (Å²) in [7, 11) is 0. The van der Waals surface area contributed by atoms with Crippen molar-refractivity contribution in [1.29, 1.82) is 0 Å². The zero-order chi connectivity index (χ0) is 19.1. The average Bonchev–Trinajstić information content (AvgIpc) is 3.16. The molecule has 4 rings (SSSR count). The van der Waals surface area contributed by atoms with E-state index in [-0.39, 0.29) is 11.9 Å². The van der Waals surface area contributed by atoms with E-state index < -0.39 is 0 Å². The smallest absolute Gasteiger partial charge is 0.219 e. The van der Waals surface area contributed by atoms with Crippen molar-refractivity contribution in [2.75, 3.05) is 19.6 Å². The first kappa shape index (κ1) is 18.2. The van der Waals surface area contributed by atoms with Gasteiger partial charge in [0.2, 0.25) is 5.91 Å². The Morgan fingerprint density at radius 1 is 1.00 bits per heavy atom. The Bertz CT molecular complexity index is 859. The Morgan fingerprint density at radius 2 is 1.78 bits per heavy atom. The minimum absolute atomic E-state index is 0.207. The number of hydrogen-bond acceptors (Lipinski definition) is 2. The Morgan fingerprint density at radius 3 is 2.52 bits per heavy atom. The molecule has 0 saturated carbocycles. The fraction of sp³-hybridized carbons (Fsp3) is 0.458. The molecular weight excluding hydrogens is 332 g/mol. The van der Waals surface area contributed by atoms with Crippen LogP contribution < -0.4 is 0 Å². The van der Waals surface area contributed by atoms with Gasteiger partial charge in [-0.25, -0.2) is 0 Å². The number of nitrogens with zero attached hydrogens (tertiary/aromatic N) is 2. The van der Waals surface area contributed by atoms with Gasteiger partial charge >= 0.3 is 0 Å². The topological polar surface area (TPSA) is 23.6 Å². The van der Waals surface area contributed by atoms with Gasteiger partial charge in [0.25, 0.3) is 0 Å². The van der Waals surface area contributed by atoms with Crippen LogP contribution in [0.1, 0.15) is 40.8 Å². The molecule has 0 unspecified atom stereocenters. The van der Waals surface area contributed by atoms with Crippen LogP contribution in [0.4, 0.5) is 0 Å². The van der Waals surface area contributed by atoms with Crippen LogP contribution >= 0.6 is 0 Å². The van der Waals surface area contributed by atoms with Crippen LogP contribution in [-0.4, -0.2) is 35.3 Å². The molecule has 2 fully saturated rings. The fourth-order valence-corrected chi connectivity index (χ4v) is 5.12. The van der Waals surface area contributed by atoms with Crippen LogP contribution in [0, 0.1) is 32.6 Å². The molecule has 2 aromatic rings. The van der Waals surface area contributed by atoms with Crippen molar-refractivity contribution < 1.29 is 4.79 Å². The maximum absolute atomic E-state index is 12.3. The van der Waals surface area contributed by atoms with Crippen molar-refractivity contribution in [3.05, 3.63) is 70.3 Å². The number of carbonyl (C=O) groups is 1. The van der Waals surface area contributed by atoms with E-state index in [0.717, 1.165) is 26.2 Å². The lowest BCUT2D eigenvalue weighted by atomic mass is 9.87. The molecule has 2 heterocycles. The van der Waals surface area contributed by atoms with Crippen molar-refractivity contribution >= 4 is 5.91 Å². The molecule has 0 N–H and O–H groups in total. The summed E-state index contributed by atoms with van der Waals surface area (Å²) in [4.78, 5) is 17.1. The van der Waals surface area contributed by atoms with Gasteiger partial charge in [0.15, 0.2) is 0 Å². The predicted molar refractivity (Wildman–Crippen MR) is 109 cm³/mol. The summed E-state index contributed by atoms with van der Waals surface area (Å²) in [5, 5.41) is 0. The van der Waals surface area contributed by atoms with Gasteiger partial charge in [0.1, 0.15) is 0 Å². The van der Waals surface area contributed by atoms with Crippen molar-refractivity contribution in [3.63, 3.8) is 0 Å². The number of hydrogen-bond donors (Lipinski definition) is 0. The van der Waals surface area contributed by atoms with Crippen LogP contribution in [0.2, 0.25) is 0 Å². The van der Waals surface area contributed by atoms with E-state index in [0.29, 0.717) is 11.8 Å². The van der Waals surface area contributed by atoms with Gasteiger partial charge in [-0.05, 0) is 48.9 Å². The van der Waals surface area contributed by atoms with E-state index in [1.54, 1.807) is 6.92 Å². The molecule has 2 aromatic carbocycles. The molecule has 0 aliphatic carbocycles. The third-order valence-corrected chi connectivity index (χ3v) is 6.55. The number of likely N-dealkylation sites (tertiary alicyclic amines) is 2. The molecule has 27 heavy (non-hydrogen) atoms. The maximum Gasteiger partial charge on any atom is 0.219 e. The van der Waals surface area contributed by atoms with E-state index in [1.165, 1.54) is 27.8 Å². The number of benzene rings is 2. The van der Waals surface area contributed by atoms with E-state index >= 15 is 0 Å². The van der Waals surface area contributed by atoms with Gasteiger partial charge in [-0.3, -0.25) is 9.69 Å². The molecule has 3 heteroatoms.